The Morgan fingerprint density at radius 3 is 2.96 bits per heavy atom. The summed E-state index contributed by atoms with van der Waals surface area (Å²) >= 11 is 0. The number of aryl methyl sites for hydroxylation is 1. The highest BCUT2D eigenvalue weighted by atomic mass is 19.1. The molecule has 0 aliphatic heterocycles. The van der Waals surface area contributed by atoms with Crippen LogP contribution < -0.4 is 11.1 Å². The van der Waals surface area contributed by atoms with Gasteiger partial charge in [0, 0.05) is 16.9 Å². The Morgan fingerprint density at radius 2 is 2.22 bits per heavy atom. The van der Waals surface area contributed by atoms with Gasteiger partial charge >= 0.3 is 0 Å². The van der Waals surface area contributed by atoms with Crippen LogP contribution in [-0.4, -0.2) is 10.7 Å². The molecule has 134 valence electrons. The number of nitrogens with zero attached hydrogens (tertiary/aromatic N) is 2. The molecule has 1 aromatic heterocycles. The number of rotatable bonds is 4. The van der Waals surface area contributed by atoms with Crippen molar-refractivity contribution in [2.45, 2.75) is 18.9 Å². The Balaban J connectivity index is 1.62. The number of nitrogens with two attached hydrogens (primary N) is 1. The molecule has 0 spiro atoms. The van der Waals surface area contributed by atoms with E-state index in [1.165, 1.54) is 18.7 Å². The third kappa shape index (κ3) is 3.02. The first-order valence-electron chi connectivity index (χ1n) is 8.43. The van der Waals surface area contributed by atoms with Gasteiger partial charge in [0.05, 0.1) is 17.8 Å². The molecule has 1 aliphatic carbocycles. The number of aromatic nitrogens is 1. The molecule has 4 rings (SSSR count). The minimum absolute atomic E-state index is 0.0711. The Hall–Kier alpha value is -3.66. The van der Waals surface area contributed by atoms with Crippen molar-refractivity contribution in [2.24, 2.45) is 0 Å². The fraction of sp³-hybridized carbons (Fsp3) is 0.150. The molecule has 1 heterocycles. The summed E-state index contributed by atoms with van der Waals surface area (Å²) in [6, 6.07) is 10.2. The molecule has 1 aliphatic rings. The van der Waals surface area contributed by atoms with Crippen LogP contribution >= 0.6 is 0 Å². The summed E-state index contributed by atoms with van der Waals surface area (Å²) in [7, 11) is 0. The first kappa shape index (κ1) is 16.8. The highest BCUT2D eigenvalue weighted by Crippen LogP contribution is 2.36. The number of halogens is 1. The lowest BCUT2D eigenvalue weighted by Crippen LogP contribution is -2.10. The van der Waals surface area contributed by atoms with E-state index in [9.17, 15) is 4.39 Å². The van der Waals surface area contributed by atoms with Gasteiger partial charge in [0.1, 0.15) is 17.6 Å². The third-order valence-corrected chi connectivity index (χ3v) is 4.77. The summed E-state index contributed by atoms with van der Waals surface area (Å²) < 4.78 is 19.2. The Bertz CT molecular complexity index is 1070. The van der Waals surface area contributed by atoms with Crippen molar-refractivity contribution in [1.82, 2.24) is 4.98 Å². The molecule has 2 aromatic carbocycles. The second-order valence-corrected chi connectivity index (χ2v) is 6.42. The number of oxazole rings is 1. The highest BCUT2D eigenvalue weighted by Gasteiger charge is 2.25. The summed E-state index contributed by atoms with van der Waals surface area (Å²) in [5.74, 6) is -0.175. The summed E-state index contributed by atoms with van der Waals surface area (Å²) in [6.45, 7) is 0. The van der Waals surface area contributed by atoms with Crippen LogP contribution in [0.15, 0.2) is 47.3 Å². The van der Waals surface area contributed by atoms with Crippen molar-refractivity contribution in [1.29, 1.82) is 10.7 Å². The monoisotopic (exact) mass is 361 g/mol. The predicted octanol–water partition coefficient (Wildman–Crippen LogP) is 3.78. The smallest absolute Gasteiger partial charge is 0.181 e. The van der Waals surface area contributed by atoms with Crippen LogP contribution in [0.4, 0.5) is 15.8 Å². The van der Waals surface area contributed by atoms with Gasteiger partial charge in [-0.3, -0.25) is 5.41 Å². The van der Waals surface area contributed by atoms with Crippen molar-refractivity contribution in [3.63, 3.8) is 0 Å². The minimum atomic E-state index is -0.505. The molecule has 0 unspecified atom stereocenters. The van der Waals surface area contributed by atoms with Gasteiger partial charge in [0.15, 0.2) is 12.2 Å². The second-order valence-electron chi connectivity index (χ2n) is 6.42. The fourth-order valence-corrected chi connectivity index (χ4v) is 3.40. The average Bonchev–Trinajstić information content (AvgIpc) is 3.33. The summed E-state index contributed by atoms with van der Waals surface area (Å²) in [4.78, 5) is 3.83. The zero-order valence-electron chi connectivity index (χ0n) is 14.3. The average molecular weight is 361 g/mol. The first-order chi connectivity index (χ1) is 13.1. The molecule has 27 heavy (non-hydrogen) atoms. The van der Waals surface area contributed by atoms with E-state index in [-0.39, 0.29) is 17.3 Å². The zero-order chi connectivity index (χ0) is 19.0. The minimum Gasteiger partial charge on any atom is -0.442 e. The number of nitrogens with one attached hydrogen (secondary N) is 2. The Kier molecular flexibility index (Phi) is 4.09. The predicted molar refractivity (Wildman–Crippen MR) is 99.1 cm³/mol. The van der Waals surface area contributed by atoms with Gasteiger partial charge < -0.3 is 15.5 Å². The molecule has 7 heteroatoms. The van der Waals surface area contributed by atoms with Gasteiger partial charge in [0.25, 0.3) is 0 Å². The maximum atomic E-state index is 14.0. The van der Waals surface area contributed by atoms with E-state index >= 15 is 0 Å². The molecular formula is C20H16FN5O. The molecule has 0 amide bonds. The molecule has 4 N–H and O–H groups in total. The SMILES string of the molecule is N#Cc1cc2c(cc1F)[C@H](Nc1ccc(N)c(C(=N)c3cnco3)c1)CC2. The lowest BCUT2D eigenvalue weighted by atomic mass is 10.0. The van der Waals surface area contributed by atoms with Gasteiger partial charge in [-0.2, -0.15) is 5.26 Å². The van der Waals surface area contributed by atoms with Crippen molar-refractivity contribution >= 4 is 17.1 Å². The number of anilines is 2. The normalized spacial score (nSPS) is 15.2. The van der Waals surface area contributed by atoms with Crippen LogP contribution in [0.3, 0.4) is 0 Å². The Morgan fingerprint density at radius 1 is 1.37 bits per heavy atom. The molecule has 0 saturated carbocycles. The van der Waals surface area contributed by atoms with E-state index in [2.05, 4.69) is 10.3 Å². The number of nitriles is 1. The number of hydrogen-bond donors (Lipinski definition) is 3. The number of nitrogen functional groups attached to an aromatic ring is 1. The van der Waals surface area contributed by atoms with Crippen molar-refractivity contribution < 1.29 is 8.81 Å². The lowest BCUT2D eigenvalue weighted by molar-refractivity contribution is 0.548. The first-order valence-corrected chi connectivity index (χ1v) is 8.43. The molecule has 1 atom stereocenters. The van der Waals surface area contributed by atoms with E-state index in [0.717, 1.165) is 29.7 Å². The van der Waals surface area contributed by atoms with E-state index in [0.29, 0.717) is 17.0 Å². The van der Waals surface area contributed by atoms with Crippen molar-refractivity contribution in [3.05, 3.63) is 76.8 Å². The van der Waals surface area contributed by atoms with E-state index in [1.54, 1.807) is 18.2 Å². The maximum Gasteiger partial charge on any atom is 0.181 e. The second kappa shape index (κ2) is 6.57. The van der Waals surface area contributed by atoms with Crippen LogP contribution in [0.2, 0.25) is 0 Å². The van der Waals surface area contributed by atoms with Crippen molar-refractivity contribution in [2.75, 3.05) is 11.1 Å². The van der Waals surface area contributed by atoms with Gasteiger partial charge in [-0.15, -0.1) is 0 Å². The maximum absolute atomic E-state index is 14.0. The van der Waals surface area contributed by atoms with Crippen LogP contribution in [0.5, 0.6) is 0 Å². The van der Waals surface area contributed by atoms with E-state index in [4.69, 9.17) is 20.8 Å². The largest absolute Gasteiger partial charge is 0.442 e. The van der Waals surface area contributed by atoms with Gasteiger partial charge in [-0.1, -0.05) is 0 Å². The van der Waals surface area contributed by atoms with Gasteiger partial charge in [-0.25, -0.2) is 9.37 Å². The zero-order valence-corrected chi connectivity index (χ0v) is 14.3. The van der Waals surface area contributed by atoms with Crippen LogP contribution in [0.25, 0.3) is 0 Å². The van der Waals surface area contributed by atoms with Crippen LogP contribution in [0, 0.1) is 22.6 Å². The topological polar surface area (TPSA) is 112 Å². The number of benzene rings is 2. The standard InChI is InChI=1S/C20H16FN5O/c21-16-7-14-11(5-12(16)8-22)1-4-18(14)26-13-2-3-17(23)15(6-13)20(24)19-9-25-10-27-19/h2-3,5-7,9-10,18,24,26H,1,4,23H2/t18-/m1/s1. The summed E-state index contributed by atoms with van der Waals surface area (Å²) in [5.41, 5.74) is 9.83. The molecule has 6 nitrogen and oxygen atoms in total. The van der Waals surface area contributed by atoms with Gasteiger partial charge in [-0.05, 0) is 54.3 Å². The molecular weight excluding hydrogens is 345 g/mol. The molecule has 3 aromatic rings. The summed E-state index contributed by atoms with van der Waals surface area (Å²) in [6.07, 6.45) is 4.30. The van der Waals surface area contributed by atoms with Crippen LogP contribution in [-0.2, 0) is 6.42 Å². The summed E-state index contributed by atoms with van der Waals surface area (Å²) in [5, 5.41) is 20.6. The molecule has 0 fully saturated rings. The highest BCUT2D eigenvalue weighted by molar-refractivity contribution is 6.12. The van der Waals surface area contributed by atoms with Crippen molar-refractivity contribution in [3.8, 4) is 6.07 Å². The molecule has 0 saturated heterocycles. The van der Waals surface area contributed by atoms with Gasteiger partial charge in [0.2, 0.25) is 0 Å². The number of fused-ring (bicyclic) bond motifs is 1. The fourth-order valence-electron chi connectivity index (χ4n) is 3.40. The number of hydrogen-bond acceptors (Lipinski definition) is 6. The van der Waals surface area contributed by atoms with Crippen LogP contribution in [0.1, 0.15) is 40.5 Å². The molecule has 0 bridgehead atoms. The molecule has 0 radical (unpaired) electrons. The third-order valence-electron chi connectivity index (χ3n) is 4.77. The Labute approximate surface area is 155 Å². The van der Waals surface area contributed by atoms with E-state index in [1.807, 2.05) is 12.1 Å². The lowest BCUT2D eigenvalue weighted by Gasteiger charge is -2.17. The quantitative estimate of drug-likeness (QED) is 0.483. The van der Waals surface area contributed by atoms with E-state index < -0.39 is 5.82 Å².